The van der Waals surface area contributed by atoms with Crippen LogP contribution in [0.5, 0.6) is 5.75 Å². The number of rotatable bonds is 6. The Morgan fingerprint density at radius 2 is 2.00 bits per heavy atom. The molecule has 0 spiro atoms. The first kappa shape index (κ1) is 14.6. The van der Waals surface area contributed by atoms with Crippen LogP contribution in [0.4, 0.5) is 0 Å². The molecule has 0 aliphatic heterocycles. The molecule has 0 fully saturated rings. The second kappa shape index (κ2) is 6.57. The second-order valence-corrected chi connectivity index (χ2v) is 5.16. The summed E-state index contributed by atoms with van der Waals surface area (Å²) in [6, 6.07) is 10.3. The summed E-state index contributed by atoms with van der Waals surface area (Å²) in [4.78, 5) is 0. The average molecular weight is 273 g/mol. The van der Waals surface area contributed by atoms with Gasteiger partial charge >= 0.3 is 0 Å². The van der Waals surface area contributed by atoms with Crippen LogP contribution in [-0.2, 0) is 6.61 Å². The van der Waals surface area contributed by atoms with Gasteiger partial charge in [-0.1, -0.05) is 25.1 Å². The van der Waals surface area contributed by atoms with Crippen LogP contribution in [0.15, 0.2) is 36.5 Å². The van der Waals surface area contributed by atoms with E-state index in [1.54, 1.807) is 0 Å². The van der Waals surface area contributed by atoms with Gasteiger partial charge < -0.3 is 10.5 Å². The molecule has 1 unspecified atom stereocenters. The van der Waals surface area contributed by atoms with E-state index in [-0.39, 0.29) is 6.04 Å². The summed E-state index contributed by atoms with van der Waals surface area (Å²) >= 11 is 0. The SMILES string of the molecule is CCC(C)n1ccc(COc2ccccc2[C@H](C)N)n1. The number of hydrogen-bond donors (Lipinski definition) is 1. The van der Waals surface area contributed by atoms with Gasteiger partial charge in [0, 0.05) is 23.8 Å². The lowest BCUT2D eigenvalue weighted by atomic mass is 10.1. The molecule has 1 aromatic carbocycles. The lowest BCUT2D eigenvalue weighted by Crippen LogP contribution is -2.09. The minimum Gasteiger partial charge on any atom is -0.487 e. The maximum absolute atomic E-state index is 5.95. The van der Waals surface area contributed by atoms with Crippen molar-refractivity contribution < 1.29 is 4.74 Å². The lowest BCUT2D eigenvalue weighted by molar-refractivity contribution is 0.293. The van der Waals surface area contributed by atoms with E-state index in [1.807, 2.05) is 48.1 Å². The summed E-state index contributed by atoms with van der Waals surface area (Å²) in [7, 11) is 0. The largest absolute Gasteiger partial charge is 0.487 e. The van der Waals surface area contributed by atoms with Crippen LogP contribution in [0.1, 0.15) is 50.5 Å². The van der Waals surface area contributed by atoms with E-state index in [2.05, 4.69) is 18.9 Å². The van der Waals surface area contributed by atoms with E-state index in [1.165, 1.54) is 0 Å². The molecule has 0 amide bonds. The first-order valence-corrected chi connectivity index (χ1v) is 7.13. The van der Waals surface area contributed by atoms with Crippen LogP contribution in [0, 0.1) is 0 Å². The van der Waals surface area contributed by atoms with Gasteiger partial charge in [0.1, 0.15) is 12.4 Å². The predicted octanol–water partition coefficient (Wildman–Crippen LogP) is 3.45. The summed E-state index contributed by atoms with van der Waals surface area (Å²) in [5.74, 6) is 0.834. The minimum atomic E-state index is -0.0381. The van der Waals surface area contributed by atoms with Crippen molar-refractivity contribution in [3.8, 4) is 5.75 Å². The topological polar surface area (TPSA) is 53.1 Å². The molecule has 20 heavy (non-hydrogen) atoms. The van der Waals surface area contributed by atoms with Crippen molar-refractivity contribution >= 4 is 0 Å². The van der Waals surface area contributed by atoms with Crippen molar-refractivity contribution in [3.63, 3.8) is 0 Å². The Bertz CT molecular complexity index is 548. The lowest BCUT2D eigenvalue weighted by Gasteiger charge is -2.13. The van der Waals surface area contributed by atoms with Gasteiger partial charge in [0.25, 0.3) is 0 Å². The number of para-hydroxylation sites is 1. The third kappa shape index (κ3) is 3.39. The van der Waals surface area contributed by atoms with E-state index < -0.39 is 0 Å². The van der Waals surface area contributed by atoms with Gasteiger partial charge in [-0.25, -0.2) is 0 Å². The van der Waals surface area contributed by atoms with Crippen molar-refractivity contribution in [1.29, 1.82) is 0 Å². The Morgan fingerprint density at radius 1 is 1.25 bits per heavy atom. The van der Waals surface area contributed by atoms with Crippen molar-refractivity contribution in [2.75, 3.05) is 0 Å². The van der Waals surface area contributed by atoms with E-state index >= 15 is 0 Å². The van der Waals surface area contributed by atoms with Gasteiger partial charge in [-0.2, -0.15) is 5.10 Å². The monoisotopic (exact) mass is 273 g/mol. The van der Waals surface area contributed by atoms with Gasteiger partial charge in [-0.15, -0.1) is 0 Å². The normalized spacial score (nSPS) is 14.0. The number of nitrogens with two attached hydrogens (primary N) is 1. The first-order chi connectivity index (χ1) is 9.61. The van der Waals surface area contributed by atoms with E-state index in [9.17, 15) is 0 Å². The van der Waals surface area contributed by atoms with Gasteiger partial charge in [-0.05, 0) is 32.4 Å². The van der Waals surface area contributed by atoms with Crippen molar-refractivity contribution in [2.24, 2.45) is 5.73 Å². The molecule has 0 aliphatic carbocycles. The summed E-state index contributed by atoms with van der Waals surface area (Å²) in [5.41, 5.74) is 7.90. The van der Waals surface area contributed by atoms with Crippen LogP contribution in [0.2, 0.25) is 0 Å². The third-order valence-corrected chi connectivity index (χ3v) is 3.49. The Hall–Kier alpha value is -1.81. The van der Waals surface area contributed by atoms with Gasteiger partial charge in [0.15, 0.2) is 0 Å². The molecule has 2 rings (SSSR count). The standard InChI is InChI=1S/C16H23N3O/c1-4-12(2)19-10-9-14(18-19)11-20-16-8-6-5-7-15(16)13(3)17/h5-10,12-13H,4,11,17H2,1-3H3/t12?,13-/m0/s1. The molecule has 2 aromatic rings. The second-order valence-electron chi connectivity index (χ2n) is 5.16. The molecule has 0 saturated heterocycles. The Balaban J connectivity index is 2.04. The number of nitrogens with zero attached hydrogens (tertiary/aromatic N) is 2. The fourth-order valence-electron chi connectivity index (χ4n) is 2.03. The summed E-state index contributed by atoms with van der Waals surface area (Å²) in [6.07, 6.45) is 3.07. The van der Waals surface area contributed by atoms with Crippen molar-refractivity contribution in [3.05, 3.63) is 47.8 Å². The summed E-state index contributed by atoms with van der Waals surface area (Å²) in [5, 5.41) is 4.53. The van der Waals surface area contributed by atoms with Crippen LogP contribution in [-0.4, -0.2) is 9.78 Å². The molecule has 2 N–H and O–H groups in total. The molecule has 1 heterocycles. The molecule has 108 valence electrons. The Morgan fingerprint density at radius 3 is 2.70 bits per heavy atom. The molecular formula is C16H23N3O. The van der Waals surface area contributed by atoms with Gasteiger partial charge in [0.2, 0.25) is 0 Å². The average Bonchev–Trinajstić information content (AvgIpc) is 2.93. The highest BCUT2D eigenvalue weighted by Gasteiger charge is 2.09. The summed E-state index contributed by atoms with van der Waals surface area (Å²) in [6.45, 7) is 6.73. The van der Waals surface area contributed by atoms with Gasteiger partial charge in [-0.3, -0.25) is 4.68 Å². The fraction of sp³-hybridized carbons (Fsp3) is 0.438. The highest BCUT2D eigenvalue weighted by molar-refractivity contribution is 5.35. The van der Waals surface area contributed by atoms with E-state index in [0.29, 0.717) is 12.6 Å². The van der Waals surface area contributed by atoms with Gasteiger partial charge in [0.05, 0.1) is 5.69 Å². The zero-order valence-corrected chi connectivity index (χ0v) is 12.4. The maximum Gasteiger partial charge on any atom is 0.132 e. The molecule has 4 nitrogen and oxygen atoms in total. The van der Waals surface area contributed by atoms with Crippen molar-refractivity contribution in [2.45, 2.75) is 45.9 Å². The molecule has 0 radical (unpaired) electrons. The van der Waals surface area contributed by atoms with Crippen molar-refractivity contribution in [1.82, 2.24) is 9.78 Å². The number of hydrogen-bond acceptors (Lipinski definition) is 3. The van der Waals surface area contributed by atoms with E-state index in [0.717, 1.165) is 23.4 Å². The van der Waals surface area contributed by atoms with E-state index in [4.69, 9.17) is 10.5 Å². The molecule has 0 saturated carbocycles. The molecular weight excluding hydrogens is 250 g/mol. The van der Waals surface area contributed by atoms with Crippen LogP contribution >= 0.6 is 0 Å². The number of aromatic nitrogens is 2. The molecule has 0 bridgehead atoms. The number of ether oxygens (including phenoxy) is 1. The molecule has 0 aliphatic rings. The maximum atomic E-state index is 5.95. The Kier molecular flexibility index (Phi) is 4.79. The van der Waals surface area contributed by atoms with Crippen LogP contribution in [0.25, 0.3) is 0 Å². The third-order valence-electron chi connectivity index (χ3n) is 3.49. The first-order valence-electron chi connectivity index (χ1n) is 7.13. The van der Waals surface area contributed by atoms with Crippen LogP contribution in [0.3, 0.4) is 0 Å². The Labute approximate surface area is 120 Å². The highest BCUT2D eigenvalue weighted by Crippen LogP contribution is 2.24. The summed E-state index contributed by atoms with van der Waals surface area (Å²) < 4.78 is 7.84. The smallest absolute Gasteiger partial charge is 0.132 e. The predicted molar refractivity (Wildman–Crippen MR) is 80.6 cm³/mol. The number of benzene rings is 1. The van der Waals surface area contributed by atoms with Crippen LogP contribution < -0.4 is 10.5 Å². The molecule has 1 aromatic heterocycles. The highest BCUT2D eigenvalue weighted by atomic mass is 16.5. The minimum absolute atomic E-state index is 0.0381. The zero-order chi connectivity index (χ0) is 14.5. The fourth-order valence-corrected chi connectivity index (χ4v) is 2.03. The molecule has 4 heteroatoms. The molecule has 2 atom stereocenters. The zero-order valence-electron chi connectivity index (χ0n) is 12.4. The quantitative estimate of drug-likeness (QED) is 0.877.